The smallest absolute Gasteiger partial charge is 0.341 e. The van der Waals surface area contributed by atoms with Crippen molar-refractivity contribution in [3.05, 3.63) is 27.8 Å². The second-order valence-corrected chi connectivity index (χ2v) is 4.81. The van der Waals surface area contributed by atoms with Gasteiger partial charge in [-0.05, 0) is 12.1 Å². The number of hydrogen-bond donors (Lipinski definition) is 1. The highest BCUT2D eigenvalue weighted by Gasteiger charge is 2.23. The van der Waals surface area contributed by atoms with Crippen molar-refractivity contribution in [1.82, 2.24) is 5.16 Å². The predicted molar refractivity (Wildman–Crippen MR) is 61.2 cm³/mol. The summed E-state index contributed by atoms with van der Waals surface area (Å²) in [6, 6.07) is 3.43. The fourth-order valence-electron chi connectivity index (χ4n) is 1.40. The molecule has 1 N–H and O–H groups in total. The van der Waals surface area contributed by atoms with Crippen LogP contribution >= 0.6 is 22.9 Å². The third-order valence-electron chi connectivity index (χ3n) is 2.10. The third kappa shape index (κ3) is 1.83. The molecule has 0 fully saturated rings. The number of aromatic nitrogens is 1. The molecule has 0 spiro atoms. The molecule has 0 saturated carbocycles. The molecule has 16 heavy (non-hydrogen) atoms. The van der Waals surface area contributed by atoms with Crippen molar-refractivity contribution in [2.24, 2.45) is 0 Å². The Morgan fingerprint density at radius 1 is 1.62 bits per heavy atom. The average Bonchev–Trinajstić information content (AvgIpc) is 2.82. The maximum absolute atomic E-state index is 11.1. The average molecular weight is 258 g/mol. The zero-order valence-corrected chi connectivity index (χ0v) is 9.93. The molecule has 0 amide bonds. The number of aryl methyl sites for hydroxylation is 1. The first kappa shape index (κ1) is 11.2. The monoisotopic (exact) mass is 257 g/mol. The Hall–Kier alpha value is -1.33. The lowest BCUT2D eigenvalue weighted by atomic mass is 10.1. The lowest BCUT2D eigenvalue weighted by molar-refractivity contribution is 0.0695. The number of hydrogen-bond acceptors (Lipinski definition) is 4. The summed E-state index contributed by atoms with van der Waals surface area (Å²) < 4.78 is 5.59. The molecule has 0 aliphatic heterocycles. The van der Waals surface area contributed by atoms with Crippen LogP contribution in [0.3, 0.4) is 0 Å². The van der Waals surface area contributed by atoms with Gasteiger partial charge in [0.1, 0.15) is 11.3 Å². The highest BCUT2D eigenvalue weighted by atomic mass is 35.5. The van der Waals surface area contributed by atoms with Crippen molar-refractivity contribution in [2.75, 3.05) is 0 Å². The van der Waals surface area contributed by atoms with Crippen LogP contribution in [0.2, 0.25) is 4.34 Å². The normalized spacial score (nSPS) is 10.6. The topological polar surface area (TPSA) is 63.3 Å². The SMILES string of the molecule is CCc1onc(-c2ccc(Cl)s2)c1C(=O)O. The molecule has 0 aromatic carbocycles. The molecule has 0 atom stereocenters. The maximum atomic E-state index is 11.1. The first-order chi connectivity index (χ1) is 7.63. The maximum Gasteiger partial charge on any atom is 0.341 e. The van der Waals surface area contributed by atoms with Crippen LogP contribution in [0, 0.1) is 0 Å². The van der Waals surface area contributed by atoms with Crippen molar-refractivity contribution in [3.8, 4) is 10.6 Å². The van der Waals surface area contributed by atoms with Gasteiger partial charge in [-0.15, -0.1) is 11.3 Å². The summed E-state index contributed by atoms with van der Waals surface area (Å²) in [5, 5.41) is 12.9. The van der Waals surface area contributed by atoms with Crippen LogP contribution in [-0.2, 0) is 6.42 Å². The first-order valence-electron chi connectivity index (χ1n) is 4.61. The number of aromatic carboxylic acids is 1. The van der Waals surface area contributed by atoms with E-state index in [0.717, 1.165) is 0 Å². The number of nitrogens with zero attached hydrogens (tertiary/aromatic N) is 1. The van der Waals surface area contributed by atoms with Crippen molar-refractivity contribution < 1.29 is 14.4 Å². The van der Waals surface area contributed by atoms with Gasteiger partial charge in [-0.1, -0.05) is 23.7 Å². The van der Waals surface area contributed by atoms with Gasteiger partial charge in [-0.25, -0.2) is 4.79 Å². The van der Waals surface area contributed by atoms with Gasteiger partial charge < -0.3 is 9.63 Å². The molecule has 2 heterocycles. The Bertz CT molecular complexity index is 532. The molecule has 2 aromatic rings. The van der Waals surface area contributed by atoms with Gasteiger partial charge in [-0.2, -0.15) is 0 Å². The summed E-state index contributed by atoms with van der Waals surface area (Å²) in [4.78, 5) is 11.8. The van der Waals surface area contributed by atoms with Crippen LogP contribution in [-0.4, -0.2) is 16.2 Å². The minimum absolute atomic E-state index is 0.126. The molecular weight excluding hydrogens is 250 g/mol. The first-order valence-corrected chi connectivity index (χ1v) is 5.80. The number of carbonyl (C=O) groups is 1. The van der Waals surface area contributed by atoms with E-state index in [2.05, 4.69) is 5.16 Å². The van der Waals surface area contributed by atoms with E-state index < -0.39 is 5.97 Å². The summed E-state index contributed by atoms with van der Waals surface area (Å²) in [7, 11) is 0. The lowest BCUT2D eigenvalue weighted by Crippen LogP contribution is -2.00. The molecule has 0 unspecified atom stereocenters. The number of halogens is 1. The van der Waals surface area contributed by atoms with Crippen LogP contribution in [0.15, 0.2) is 16.7 Å². The molecule has 6 heteroatoms. The third-order valence-corrected chi connectivity index (χ3v) is 3.34. The fraction of sp³-hybridized carbons (Fsp3) is 0.200. The highest BCUT2D eigenvalue weighted by Crippen LogP contribution is 2.33. The predicted octanol–water partition coefficient (Wildman–Crippen LogP) is 3.32. The number of carboxylic acids is 1. The molecule has 0 radical (unpaired) electrons. The molecular formula is C10H8ClNO3S. The second kappa shape index (κ2) is 4.27. The lowest BCUT2D eigenvalue weighted by Gasteiger charge is -1.94. The Labute approximate surface area is 100 Å². The van der Waals surface area contributed by atoms with Crippen LogP contribution in [0.4, 0.5) is 0 Å². The zero-order chi connectivity index (χ0) is 11.7. The summed E-state index contributed by atoms with van der Waals surface area (Å²) in [5.41, 5.74) is 0.474. The number of thiophene rings is 1. The van der Waals surface area contributed by atoms with E-state index in [1.54, 1.807) is 12.1 Å². The van der Waals surface area contributed by atoms with Gasteiger partial charge in [-0.3, -0.25) is 0 Å². The fourth-order valence-corrected chi connectivity index (χ4v) is 2.43. The molecule has 4 nitrogen and oxygen atoms in total. The quantitative estimate of drug-likeness (QED) is 0.916. The van der Waals surface area contributed by atoms with E-state index in [0.29, 0.717) is 27.1 Å². The Balaban J connectivity index is 2.57. The molecule has 0 aliphatic carbocycles. The molecule has 2 aromatic heterocycles. The number of rotatable bonds is 3. The van der Waals surface area contributed by atoms with Crippen LogP contribution in [0.1, 0.15) is 23.0 Å². The minimum Gasteiger partial charge on any atom is -0.477 e. The standard InChI is InChI=1S/C10H8ClNO3S/c1-2-5-8(10(13)14)9(12-15-5)6-3-4-7(11)16-6/h3-4H,2H2,1H3,(H,13,14). The van der Waals surface area contributed by atoms with Gasteiger partial charge in [0.15, 0.2) is 5.76 Å². The molecule has 2 rings (SSSR count). The summed E-state index contributed by atoms with van der Waals surface area (Å²) in [5.74, 6) is -0.648. The highest BCUT2D eigenvalue weighted by molar-refractivity contribution is 7.19. The Morgan fingerprint density at radius 3 is 2.88 bits per heavy atom. The van der Waals surface area contributed by atoms with Crippen molar-refractivity contribution in [3.63, 3.8) is 0 Å². The van der Waals surface area contributed by atoms with E-state index in [4.69, 9.17) is 21.2 Å². The summed E-state index contributed by atoms with van der Waals surface area (Å²) >= 11 is 7.07. The molecule has 0 saturated heterocycles. The van der Waals surface area contributed by atoms with Crippen molar-refractivity contribution in [1.29, 1.82) is 0 Å². The van der Waals surface area contributed by atoms with E-state index >= 15 is 0 Å². The minimum atomic E-state index is -1.03. The zero-order valence-electron chi connectivity index (χ0n) is 8.36. The second-order valence-electron chi connectivity index (χ2n) is 3.09. The Kier molecular flexibility index (Phi) is 2.98. The van der Waals surface area contributed by atoms with E-state index in [-0.39, 0.29) is 5.56 Å². The van der Waals surface area contributed by atoms with Crippen molar-refractivity contribution >= 4 is 28.9 Å². The van der Waals surface area contributed by atoms with Crippen LogP contribution < -0.4 is 0 Å². The summed E-state index contributed by atoms with van der Waals surface area (Å²) in [6.07, 6.45) is 0.494. The molecule has 0 aliphatic rings. The van der Waals surface area contributed by atoms with Gasteiger partial charge >= 0.3 is 5.97 Å². The van der Waals surface area contributed by atoms with E-state index in [1.165, 1.54) is 11.3 Å². The van der Waals surface area contributed by atoms with E-state index in [9.17, 15) is 4.79 Å². The molecule has 84 valence electrons. The largest absolute Gasteiger partial charge is 0.477 e. The summed E-state index contributed by atoms with van der Waals surface area (Å²) in [6.45, 7) is 1.82. The van der Waals surface area contributed by atoms with Gasteiger partial charge in [0.25, 0.3) is 0 Å². The van der Waals surface area contributed by atoms with Gasteiger partial charge in [0.2, 0.25) is 0 Å². The van der Waals surface area contributed by atoms with E-state index in [1.807, 2.05) is 6.92 Å². The van der Waals surface area contributed by atoms with Crippen LogP contribution in [0.5, 0.6) is 0 Å². The number of carboxylic acid groups (broad SMARTS) is 1. The van der Waals surface area contributed by atoms with Gasteiger partial charge in [0.05, 0.1) is 9.21 Å². The molecule has 0 bridgehead atoms. The van der Waals surface area contributed by atoms with Crippen molar-refractivity contribution in [2.45, 2.75) is 13.3 Å². The van der Waals surface area contributed by atoms with Gasteiger partial charge in [0, 0.05) is 6.42 Å². The van der Waals surface area contributed by atoms with Crippen LogP contribution in [0.25, 0.3) is 10.6 Å². The Morgan fingerprint density at radius 2 is 2.38 bits per heavy atom.